The number of rotatable bonds is 7. The molecule has 0 saturated heterocycles. The quantitative estimate of drug-likeness (QED) is 0.840. The third kappa shape index (κ3) is 5.27. The number of carboxylic acid groups (broad SMARTS) is 1. The molecule has 0 spiro atoms. The van der Waals surface area contributed by atoms with Gasteiger partial charge in [0.05, 0.1) is 0 Å². The summed E-state index contributed by atoms with van der Waals surface area (Å²) >= 11 is 5.92. The minimum absolute atomic E-state index is 0.149. The summed E-state index contributed by atoms with van der Waals surface area (Å²) in [5.74, 6) is -0.852. The molecule has 0 aliphatic rings. The van der Waals surface area contributed by atoms with Crippen LogP contribution in [0.2, 0.25) is 5.02 Å². The third-order valence-corrected chi connectivity index (χ3v) is 3.66. The average Bonchev–Trinajstić information content (AvgIpc) is 2.44. The number of aliphatic carboxylic acids is 1. The Hall–Kier alpha value is -1.75. The van der Waals surface area contributed by atoms with E-state index < -0.39 is 5.97 Å². The third-order valence-electron chi connectivity index (χ3n) is 3.24. The summed E-state index contributed by atoms with van der Waals surface area (Å²) in [6, 6.07) is 4.96. The Balaban J connectivity index is 2.68. The highest BCUT2D eigenvalue weighted by atomic mass is 35.5. The summed E-state index contributed by atoms with van der Waals surface area (Å²) in [5.41, 5.74) is 0.853. The van der Waals surface area contributed by atoms with E-state index in [1.54, 1.807) is 18.2 Å². The fourth-order valence-electron chi connectivity index (χ4n) is 1.79. The van der Waals surface area contributed by atoms with Crippen LogP contribution in [-0.2, 0) is 9.59 Å². The Bertz CT molecular complexity index is 518. The van der Waals surface area contributed by atoms with Crippen molar-refractivity contribution in [2.75, 3.05) is 13.2 Å². The smallest absolute Gasteiger partial charge is 0.323 e. The molecule has 1 aromatic carbocycles. The monoisotopic (exact) mass is 313 g/mol. The first-order chi connectivity index (χ1) is 9.85. The first-order valence-corrected chi connectivity index (χ1v) is 7.13. The number of carbonyl (C=O) groups excluding carboxylic acids is 1. The predicted molar refractivity (Wildman–Crippen MR) is 80.8 cm³/mol. The highest BCUT2D eigenvalue weighted by Crippen LogP contribution is 2.21. The largest absolute Gasteiger partial charge is 0.484 e. The van der Waals surface area contributed by atoms with E-state index in [-0.39, 0.29) is 25.1 Å². The van der Waals surface area contributed by atoms with E-state index >= 15 is 0 Å². The van der Waals surface area contributed by atoms with Gasteiger partial charge in [0.25, 0.3) is 5.91 Å². The van der Waals surface area contributed by atoms with Gasteiger partial charge in [0, 0.05) is 11.1 Å². The van der Waals surface area contributed by atoms with Crippen LogP contribution in [-0.4, -0.2) is 41.1 Å². The number of hydrogen-bond acceptors (Lipinski definition) is 3. The molecular weight excluding hydrogens is 294 g/mol. The highest BCUT2D eigenvalue weighted by Gasteiger charge is 2.21. The van der Waals surface area contributed by atoms with Crippen LogP contribution in [0.5, 0.6) is 5.75 Å². The first kappa shape index (κ1) is 17.3. The number of carbonyl (C=O) groups is 2. The van der Waals surface area contributed by atoms with Crippen LogP contribution >= 0.6 is 11.6 Å². The minimum atomic E-state index is -1.04. The highest BCUT2D eigenvalue weighted by molar-refractivity contribution is 6.31. The van der Waals surface area contributed by atoms with Gasteiger partial charge >= 0.3 is 5.97 Å². The Morgan fingerprint density at radius 1 is 1.43 bits per heavy atom. The lowest BCUT2D eigenvalue weighted by Crippen LogP contribution is -2.44. The number of ether oxygens (including phenoxy) is 1. The molecule has 1 amide bonds. The standard InChI is InChI=1S/C15H20ClNO4/c1-4-11(3)17(8-15(19)20)14(18)9-21-12-5-6-13(16)10(2)7-12/h5-7,11H,4,8-9H2,1-3H3,(H,19,20). The van der Waals surface area contributed by atoms with E-state index in [2.05, 4.69) is 0 Å². The molecule has 0 fully saturated rings. The Morgan fingerprint density at radius 3 is 2.62 bits per heavy atom. The molecule has 21 heavy (non-hydrogen) atoms. The molecule has 0 bridgehead atoms. The van der Waals surface area contributed by atoms with Crippen molar-refractivity contribution < 1.29 is 19.4 Å². The summed E-state index contributed by atoms with van der Waals surface area (Å²) in [5, 5.41) is 9.51. The van der Waals surface area contributed by atoms with Gasteiger partial charge in [-0.15, -0.1) is 0 Å². The van der Waals surface area contributed by atoms with Gasteiger partial charge in [0.2, 0.25) is 0 Å². The molecule has 0 aromatic heterocycles. The lowest BCUT2D eigenvalue weighted by Gasteiger charge is -2.26. The van der Waals surface area contributed by atoms with Gasteiger partial charge < -0.3 is 14.7 Å². The van der Waals surface area contributed by atoms with Crippen LogP contribution in [0.1, 0.15) is 25.8 Å². The topological polar surface area (TPSA) is 66.8 Å². The molecule has 1 aromatic rings. The summed E-state index contributed by atoms with van der Waals surface area (Å²) in [6.45, 7) is 5.03. The van der Waals surface area contributed by atoms with Gasteiger partial charge in [-0.3, -0.25) is 9.59 Å². The molecule has 116 valence electrons. The second-order valence-corrected chi connectivity index (χ2v) is 5.28. The second-order valence-electron chi connectivity index (χ2n) is 4.87. The number of halogens is 1. The summed E-state index contributed by atoms with van der Waals surface area (Å²) in [6.07, 6.45) is 0.680. The number of hydrogen-bond donors (Lipinski definition) is 1. The Kier molecular flexibility index (Phi) is 6.49. The van der Waals surface area contributed by atoms with E-state index in [4.69, 9.17) is 21.4 Å². The Morgan fingerprint density at radius 2 is 2.10 bits per heavy atom. The molecule has 0 aliphatic heterocycles. The second kappa shape index (κ2) is 7.88. The van der Waals surface area contributed by atoms with E-state index in [1.807, 2.05) is 20.8 Å². The van der Waals surface area contributed by atoms with Gasteiger partial charge in [0.1, 0.15) is 12.3 Å². The molecule has 1 rings (SSSR count). The predicted octanol–water partition coefficient (Wildman–Crippen LogP) is 2.74. The van der Waals surface area contributed by atoms with Crippen molar-refractivity contribution >= 4 is 23.5 Å². The van der Waals surface area contributed by atoms with Crippen LogP contribution in [0.3, 0.4) is 0 Å². The van der Waals surface area contributed by atoms with Crippen LogP contribution in [0.15, 0.2) is 18.2 Å². The minimum Gasteiger partial charge on any atom is -0.484 e. The maximum absolute atomic E-state index is 12.1. The van der Waals surface area contributed by atoms with Gasteiger partial charge in [-0.2, -0.15) is 0 Å². The SMILES string of the molecule is CCC(C)N(CC(=O)O)C(=O)COc1ccc(Cl)c(C)c1. The van der Waals surface area contributed by atoms with E-state index in [9.17, 15) is 9.59 Å². The van der Waals surface area contributed by atoms with Crippen molar-refractivity contribution in [3.8, 4) is 5.75 Å². The molecule has 0 heterocycles. The van der Waals surface area contributed by atoms with Gasteiger partial charge in [0.15, 0.2) is 6.61 Å². The zero-order chi connectivity index (χ0) is 16.0. The van der Waals surface area contributed by atoms with Crippen molar-refractivity contribution in [1.29, 1.82) is 0 Å². The number of aryl methyl sites for hydroxylation is 1. The van der Waals surface area contributed by atoms with Crippen LogP contribution in [0.4, 0.5) is 0 Å². The summed E-state index contributed by atoms with van der Waals surface area (Å²) in [4.78, 5) is 24.3. The summed E-state index contributed by atoms with van der Waals surface area (Å²) in [7, 11) is 0. The van der Waals surface area contributed by atoms with Gasteiger partial charge in [-0.25, -0.2) is 0 Å². The molecule has 1 N–H and O–H groups in total. The van der Waals surface area contributed by atoms with E-state index in [1.165, 1.54) is 4.90 Å². The van der Waals surface area contributed by atoms with Crippen molar-refractivity contribution in [3.05, 3.63) is 28.8 Å². The van der Waals surface area contributed by atoms with E-state index in [0.29, 0.717) is 17.2 Å². The molecule has 6 heteroatoms. The number of amides is 1. The number of nitrogens with zero attached hydrogens (tertiary/aromatic N) is 1. The van der Waals surface area contributed by atoms with Gasteiger partial charge in [-0.05, 0) is 44.0 Å². The molecule has 5 nitrogen and oxygen atoms in total. The van der Waals surface area contributed by atoms with Crippen LogP contribution in [0.25, 0.3) is 0 Å². The molecule has 1 unspecified atom stereocenters. The fraction of sp³-hybridized carbons (Fsp3) is 0.467. The first-order valence-electron chi connectivity index (χ1n) is 6.75. The van der Waals surface area contributed by atoms with E-state index in [0.717, 1.165) is 5.56 Å². The van der Waals surface area contributed by atoms with Gasteiger partial charge in [-0.1, -0.05) is 18.5 Å². The van der Waals surface area contributed by atoms with Crippen molar-refractivity contribution in [1.82, 2.24) is 4.90 Å². The molecule has 1 atom stereocenters. The van der Waals surface area contributed by atoms with Crippen LogP contribution < -0.4 is 4.74 Å². The van der Waals surface area contributed by atoms with Crippen molar-refractivity contribution in [3.63, 3.8) is 0 Å². The zero-order valence-corrected chi connectivity index (χ0v) is 13.2. The van der Waals surface area contributed by atoms with Crippen LogP contribution in [0, 0.1) is 6.92 Å². The number of benzene rings is 1. The maximum atomic E-state index is 12.1. The molecular formula is C15H20ClNO4. The normalized spacial score (nSPS) is 11.8. The molecule has 0 saturated carbocycles. The molecule has 0 aliphatic carbocycles. The average molecular weight is 314 g/mol. The fourth-order valence-corrected chi connectivity index (χ4v) is 1.91. The van der Waals surface area contributed by atoms with Crippen molar-refractivity contribution in [2.45, 2.75) is 33.2 Å². The lowest BCUT2D eigenvalue weighted by molar-refractivity contribution is -0.147. The van der Waals surface area contributed by atoms with Crippen molar-refractivity contribution in [2.24, 2.45) is 0 Å². The maximum Gasteiger partial charge on any atom is 0.323 e. The Labute approximate surface area is 129 Å². The summed E-state index contributed by atoms with van der Waals surface area (Å²) < 4.78 is 5.42. The molecule has 0 radical (unpaired) electrons. The lowest BCUT2D eigenvalue weighted by atomic mass is 10.2. The number of carboxylic acids is 1. The zero-order valence-electron chi connectivity index (χ0n) is 12.4.